The van der Waals surface area contributed by atoms with Crippen LogP contribution in [0.25, 0.3) is 0 Å². The monoisotopic (exact) mass is 224 g/mol. The van der Waals surface area contributed by atoms with Crippen molar-refractivity contribution in [3.05, 3.63) is 28.8 Å². The van der Waals surface area contributed by atoms with Crippen LogP contribution < -0.4 is 4.74 Å². The molecule has 0 unspecified atom stereocenters. The van der Waals surface area contributed by atoms with E-state index in [-0.39, 0.29) is 6.42 Å². The maximum atomic E-state index is 10.2. The van der Waals surface area contributed by atoms with Gasteiger partial charge in [0.15, 0.2) is 0 Å². The van der Waals surface area contributed by atoms with Crippen LogP contribution in [0.4, 0.5) is 0 Å². The Kier molecular flexibility index (Phi) is 4.02. The zero-order valence-corrected chi connectivity index (χ0v) is 8.84. The number of rotatable bonds is 2. The minimum atomic E-state index is -0.949. The van der Waals surface area contributed by atoms with E-state index in [4.69, 9.17) is 21.4 Å². The summed E-state index contributed by atoms with van der Waals surface area (Å²) in [5, 5.41) is 8.96. The number of carboxylic acid groups (broad SMARTS) is 1. The summed E-state index contributed by atoms with van der Waals surface area (Å²) in [7, 11) is 1.51. The molecule has 0 aliphatic heterocycles. The predicted octanol–water partition coefficient (Wildman–Crippen LogP) is 2.17. The molecule has 0 saturated carbocycles. The third-order valence-corrected chi connectivity index (χ3v) is 1.86. The van der Waals surface area contributed by atoms with E-state index in [0.717, 1.165) is 0 Å². The quantitative estimate of drug-likeness (QED) is 0.784. The third kappa shape index (κ3) is 3.53. The Labute approximate surface area is 92.6 Å². The summed E-state index contributed by atoms with van der Waals surface area (Å²) in [5.74, 6) is 4.82. The zero-order valence-electron chi connectivity index (χ0n) is 8.08. The van der Waals surface area contributed by atoms with E-state index in [1.165, 1.54) is 7.11 Å². The normalized spacial score (nSPS) is 8.93. The summed E-state index contributed by atoms with van der Waals surface area (Å²) in [5.41, 5.74) is 0.628. The molecule has 0 spiro atoms. The van der Waals surface area contributed by atoms with Crippen molar-refractivity contribution in [3.8, 4) is 17.6 Å². The van der Waals surface area contributed by atoms with Gasteiger partial charge in [-0.05, 0) is 12.1 Å². The fourth-order valence-electron chi connectivity index (χ4n) is 0.983. The molecule has 1 aromatic rings. The molecule has 1 aromatic carbocycles. The maximum absolute atomic E-state index is 10.2. The smallest absolute Gasteiger partial charge is 0.315 e. The molecule has 0 saturated heterocycles. The highest BCUT2D eigenvalue weighted by atomic mass is 35.5. The number of hydrogen-bond donors (Lipinski definition) is 1. The number of carboxylic acids is 1. The molecule has 0 fully saturated rings. The first-order valence-electron chi connectivity index (χ1n) is 4.17. The van der Waals surface area contributed by atoms with E-state index >= 15 is 0 Å². The molecule has 3 nitrogen and oxygen atoms in total. The van der Waals surface area contributed by atoms with Gasteiger partial charge >= 0.3 is 5.97 Å². The lowest BCUT2D eigenvalue weighted by Gasteiger charge is -2.02. The molecule has 0 heterocycles. The van der Waals surface area contributed by atoms with Gasteiger partial charge < -0.3 is 9.84 Å². The van der Waals surface area contributed by atoms with Crippen molar-refractivity contribution in [2.75, 3.05) is 7.11 Å². The lowest BCUT2D eigenvalue weighted by molar-refractivity contribution is -0.135. The zero-order chi connectivity index (χ0) is 11.3. The molecular weight excluding hydrogens is 216 g/mol. The molecule has 0 aliphatic carbocycles. The number of ether oxygens (including phenoxy) is 1. The van der Waals surface area contributed by atoms with Crippen molar-refractivity contribution < 1.29 is 14.6 Å². The topological polar surface area (TPSA) is 46.5 Å². The predicted molar refractivity (Wildman–Crippen MR) is 57.1 cm³/mol. The first-order valence-corrected chi connectivity index (χ1v) is 4.55. The van der Waals surface area contributed by atoms with E-state index < -0.39 is 5.97 Å². The number of benzene rings is 1. The van der Waals surface area contributed by atoms with E-state index in [1.54, 1.807) is 18.2 Å². The molecule has 4 heteroatoms. The molecule has 0 bridgehead atoms. The second-order valence-electron chi connectivity index (χ2n) is 2.72. The Morgan fingerprint density at radius 1 is 1.60 bits per heavy atom. The van der Waals surface area contributed by atoms with Crippen molar-refractivity contribution in [2.24, 2.45) is 0 Å². The van der Waals surface area contributed by atoms with Gasteiger partial charge in [-0.15, -0.1) is 0 Å². The summed E-state index contributed by atoms with van der Waals surface area (Å²) >= 11 is 5.76. The van der Waals surface area contributed by atoms with Crippen LogP contribution in [0.3, 0.4) is 0 Å². The van der Waals surface area contributed by atoms with Crippen molar-refractivity contribution in [3.63, 3.8) is 0 Å². The van der Waals surface area contributed by atoms with Crippen molar-refractivity contribution in [2.45, 2.75) is 6.42 Å². The Balaban J connectivity index is 2.92. The SMILES string of the molecule is COc1cc(Cl)ccc1C#CCC(=O)O. The summed E-state index contributed by atoms with van der Waals surface area (Å²) in [4.78, 5) is 10.2. The molecule has 0 radical (unpaired) electrons. The van der Waals surface area contributed by atoms with Crippen LogP contribution in [0.2, 0.25) is 5.02 Å². The van der Waals surface area contributed by atoms with Crippen molar-refractivity contribution in [1.29, 1.82) is 0 Å². The molecule has 0 amide bonds. The minimum absolute atomic E-state index is 0.189. The Morgan fingerprint density at radius 2 is 2.33 bits per heavy atom. The van der Waals surface area contributed by atoms with Crippen LogP contribution in [-0.4, -0.2) is 18.2 Å². The summed E-state index contributed by atoms with van der Waals surface area (Å²) in [6.07, 6.45) is -0.189. The van der Waals surface area contributed by atoms with Gasteiger partial charge in [-0.3, -0.25) is 4.79 Å². The molecule has 78 valence electrons. The van der Waals surface area contributed by atoms with Crippen LogP contribution in [0.15, 0.2) is 18.2 Å². The summed E-state index contributed by atoms with van der Waals surface area (Å²) in [6, 6.07) is 5.00. The summed E-state index contributed by atoms with van der Waals surface area (Å²) in [6.45, 7) is 0. The molecule has 0 atom stereocenters. The number of carbonyl (C=O) groups is 1. The second kappa shape index (κ2) is 5.28. The lowest BCUT2D eigenvalue weighted by atomic mass is 10.2. The highest BCUT2D eigenvalue weighted by Gasteiger charge is 2.00. The van der Waals surface area contributed by atoms with Gasteiger partial charge in [-0.25, -0.2) is 0 Å². The Hall–Kier alpha value is -1.66. The third-order valence-electron chi connectivity index (χ3n) is 1.63. The Bertz CT molecular complexity index is 429. The van der Waals surface area contributed by atoms with E-state index in [2.05, 4.69) is 11.8 Å². The van der Waals surface area contributed by atoms with Gasteiger partial charge in [-0.2, -0.15) is 0 Å². The average Bonchev–Trinajstić information content (AvgIpc) is 2.19. The maximum Gasteiger partial charge on any atom is 0.315 e. The highest BCUT2D eigenvalue weighted by molar-refractivity contribution is 6.30. The fourth-order valence-corrected chi connectivity index (χ4v) is 1.15. The highest BCUT2D eigenvalue weighted by Crippen LogP contribution is 2.21. The van der Waals surface area contributed by atoms with Crippen LogP contribution in [0.1, 0.15) is 12.0 Å². The van der Waals surface area contributed by atoms with E-state index in [0.29, 0.717) is 16.3 Å². The van der Waals surface area contributed by atoms with Crippen LogP contribution in [0.5, 0.6) is 5.75 Å². The molecule has 15 heavy (non-hydrogen) atoms. The number of aliphatic carboxylic acids is 1. The number of methoxy groups -OCH3 is 1. The first kappa shape index (κ1) is 11.4. The fraction of sp³-hybridized carbons (Fsp3) is 0.182. The molecule has 1 rings (SSSR count). The van der Waals surface area contributed by atoms with Crippen molar-refractivity contribution >= 4 is 17.6 Å². The molecule has 0 aromatic heterocycles. The van der Waals surface area contributed by atoms with Gasteiger partial charge in [0.1, 0.15) is 12.2 Å². The standard InChI is InChI=1S/C11H9ClO3/c1-15-10-7-9(12)6-5-8(10)3-2-4-11(13)14/h5-7H,4H2,1H3,(H,13,14). The first-order chi connectivity index (χ1) is 7.13. The van der Waals surface area contributed by atoms with E-state index in [9.17, 15) is 4.79 Å². The van der Waals surface area contributed by atoms with Crippen LogP contribution in [-0.2, 0) is 4.79 Å². The summed E-state index contributed by atoms with van der Waals surface area (Å²) < 4.78 is 5.05. The van der Waals surface area contributed by atoms with Crippen molar-refractivity contribution in [1.82, 2.24) is 0 Å². The van der Waals surface area contributed by atoms with Gasteiger partial charge in [0.05, 0.1) is 12.7 Å². The van der Waals surface area contributed by atoms with Gasteiger partial charge in [0.25, 0.3) is 0 Å². The average molecular weight is 225 g/mol. The lowest BCUT2D eigenvalue weighted by Crippen LogP contribution is -1.91. The van der Waals surface area contributed by atoms with Crippen LogP contribution >= 0.6 is 11.6 Å². The molecule has 1 N–H and O–H groups in total. The largest absolute Gasteiger partial charge is 0.495 e. The van der Waals surface area contributed by atoms with Gasteiger partial charge in [0, 0.05) is 11.1 Å². The second-order valence-corrected chi connectivity index (χ2v) is 3.15. The van der Waals surface area contributed by atoms with E-state index in [1.807, 2.05) is 0 Å². The molecular formula is C11H9ClO3. The van der Waals surface area contributed by atoms with Crippen LogP contribution in [0, 0.1) is 11.8 Å². The Morgan fingerprint density at radius 3 is 2.93 bits per heavy atom. The van der Waals surface area contributed by atoms with Gasteiger partial charge in [0.2, 0.25) is 0 Å². The van der Waals surface area contributed by atoms with Gasteiger partial charge in [-0.1, -0.05) is 23.4 Å². The minimum Gasteiger partial charge on any atom is -0.495 e. The number of halogens is 1. The molecule has 0 aliphatic rings. The number of hydrogen-bond acceptors (Lipinski definition) is 2.